The Hall–Kier alpha value is -2.19. The van der Waals surface area contributed by atoms with E-state index < -0.39 is 5.76 Å². The van der Waals surface area contributed by atoms with Crippen LogP contribution >= 0.6 is 23.1 Å². The number of hydrogen-bond donors (Lipinski definition) is 2. The van der Waals surface area contributed by atoms with Gasteiger partial charge in [0.1, 0.15) is 0 Å². The number of aromatic amines is 1. The summed E-state index contributed by atoms with van der Waals surface area (Å²) < 4.78 is 24.5. The van der Waals surface area contributed by atoms with Gasteiger partial charge in [0, 0.05) is 10.6 Å². The molecule has 0 aliphatic heterocycles. The largest absolute Gasteiger partial charge is 0.321 e. The average molecular weight is 351 g/mol. The third-order valence-electron chi connectivity index (χ3n) is 2.93. The number of aromatic nitrogens is 2. The molecule has 0 radical (unpaired) electrons. The number of halogens is 2. The molecule has 0 aliphatic rings. The Morgan fingerprint density at radius 2 is 2.04 bits per heavy atom. The van der Waals surface area contributed by atoms with Crippen LogP contribution in [0.2, 0.25) is 0 Å². The monoisotopic (exact) mass is 351 g/mol. The number of carbonyl (C=O) groups is 1. The van der Waals surface area contributed by atoms with E-state index in [1.165, 1.54) is 12.1 Å². The van der Waals surface area contributed by atoms with Gasteiger partial charge in [-0.1, -0.05) is 17.8 Å². The minimum absolute atomic E-state index is 0.263. The van der Waals surface area contributed by atoms with Crippen LogP contribution < -0.4 is 5.32 Å². The fourth-order valence-corrected chi connectivity index (χ4v) is 3.10. The Bertz CT molecular complexity index is 785. The molecule has 118 valence electrons. The summed E-state index contributed by atoms with van der Waals surface area (Å²) in [6, 6.07) is 11.7. The van der Waals surface area contributed by atoms with Crippen molar-refractivity contribution >= 4 is 34.7 Å². The molecule has 4 nitrogen and oxygen atoms in total. The highest BCUT2D eigenvalue weighted by Gasteiger charge is 2.12. The number of nitrogens with zero attached hydrogens (tertiary/aromatic N) is 1. The molecule has 3 rings (SSSR count). The van der Waals surface area contributed by atoms with Gasteiger partial charge >= 0.3 is 0 Å². The number of nitrogens with one attached hydrogen (secondary N) is 2. The van der Waals surface area contributed by atoms with Gasteiger partial charge in [-0.2, -0.15) is 13.9 Å². The lowest BCUT2D eigenvalue weighted by Crippen LogP contribution is -2.12. The van der Waals surface area contributed by atoms with Gasteiger partial charge < -0.3 is 5.32 Å². The fourth-order valence-electron chi connectivity index (χ4n) is 1.91. The van der Waals surface area contributed by atoms with Crippen molar-refractivity contribution in [3.05, 3.63) is 53.5 Å². The summed E-state index contributed by atoms with van der Waals surface area (Å²) in [7, 11) is 0. The van der Waals surface area contributed by atoms with Gasteiger partial charge in [-0.25, -0.2) is 0 Å². The first-order valence-electron chi connectivity index (χ1n) is 6.57. The number of carbonyl (C=O) groups excluding carboxylic acids is 1. The van der Waals surface area contributed by atoms with Crippen LogP contribution in [0, 0.1) is 0 Å². The van der Waals surface area contributed by atoms with E-state index in [9.17, 15) is 13.6 Å². The molecule has 0 unspecified atom stereocenters. The zero-order chi connectivity index (χ0) is 16.2. The molecule has 2 N–H and O–H groups in total. The molecule has 0 saturated heterocycles. The number of anilines is 1. The number of H-pyrrole nitrogens is 1. The molecular weight excluding hydrogens is 340 g/mol. The lowest BCUT2D eigenvalue weighted by molar-refractivity contribution is 0.102. The van der Waals surface area contributed by atoms with Crippen molar-refractivity contribution in [1.29, 1.82) is 0 Å². The normalized spacial score (nSPS) is 10.9. The van der Waals surface area contributed by atoms with Crippen molar-refractivity contribution < 1.29 is 13.6 Å². The molecule has 0 spiro atoms. The first kappa shape index (κ1) is 15.7. The summed E-state index contributed by atoms with van der Waals surface area (Å²) in [5, 5.41) is 11.4. The van der Waals surface area contributed by atoms with Crippen LogP contribution in [0.4, 0.5) is 14.5 Å². The second-order valence-corrected chi connectivity index (χ2v) is 6.51. The summed E-state index contributed by atoms with van der Waals surface area (Å²) in [4.78, 5) is 13.6. The maximum atomic E-state index is 12.3. The lowest BCUT2D eigenvalue weighted by atomic mass is 10.3. The predicted molar refractivity (Wildman–Crippen MR) is 88.2 cm³/mol. The third-order valence-corrected chi connectivity index (χ3v) is 4.56. The van der Waals surface area contributed by atoms with Gasteiger partial charge in [-0.05, 0) is 41.8 Å². The molecule has 1 amide bonds. The van der Waals surface area contributed by atoms with Crippen LogP contribution in [0.15, 0.2) is 52.7 Å². The molecule has 2 heterocycles. The molecule has 0 fully saturated rings. The Morgan fingerprint density at radius 3 is 2.70 bits per heavy atom. The Balaban J connectivity index is 1.67. The van der Waals surface area contributed by atoms with Crippen molar-refractivity contribution in [1.82, 2.24) is 10.2 Å². The first-order chi connectivity index (χ1) is 11.1. The Labute approximate surface area is 138 Å². The highest BCUT2D eigenvalue weighted by Crippen LogP contribution is 2.26. The molecule has 23 heavy (non-hydrogen) atoms. The summed E-state index contributed by atoms with van der Waals surface area (Å²) in [6.07, 6.45) is 0. The Morgan fingerprint density at radius 1 is 1.26 bits per heavy atom. The van der Waals surface area contributed by atoms with E-state index in [0.717, 1.165) is 10.6 Å². The summed E-state index contributed by atoms with van der Waals surface area (Å²) in [5.41, 5.74) is 1.56. The van der Waals surface area contributed by atoms with Crippen molar-refractivity contribution in [2.75, 3.05) is 5.32 Å². The van der Waals surface area contributed by atoms with Crippen molar-refractivity contribution in [2.45, 2.75) is 10.7 Å². The second kappa shape index (κ2) is 6.93. The molecule has 0 saturated carbocycles. The highest BCUT2D eigenvalue weighted by molar-refractivity contribution is 7.99. The van der Waals surface area contributed by atoms with Gasteiger partial charge in [0.05, 0.1) is 10.6 Å². The van der Waals surface area contributed by atoms with Gasteiger partial charge in [-0.15, -0.1) is 11.3 Å². The minimum Gasteiger partial charge on any atom is -0.321 e. The Kier molecular flexibility index (Phi) is 4.73. The van der Waals surface area contributed by atoms with Gasteiger partial charge in [0.25, 0.3) is 11.7 Å². The maximum Gasteiger partial charge on any atom is 0.288 e. The molecule has 2 aromatic heterocycles. The van der Waals surface area contributed by atoms with Crippen LogP contribution in [0.3, 0.4) is 0 Å². The van der Waals surface area contributed by atoms with Crippen LogP contribution in [-0.2, 0) is 0 Å². The number of thioether (sulfide) groups is 1. The molecular formula is C15H11F2N3OS2. The summed E-state index contributed by atoms with van der Waals surface area (Å²) in [5.74, 6) is -2.83. The van der Waals surface area contributed by atoms with E-state index in [4.69, 9.17) is 0 Å². The average Bonchev–Trinajstić information content (AvgIpc) is 3.19. The van der Waals surface area contributed by atoms with E-state index in [2.05, 4.69) is 15.5 Å². The van der Waals surface area contributed by atoms with E-state index in [1.807, 2.05) is 17.5 Å². The minimum atomic E-state index is -2.46. The summed E-state index contributed by atoms with van der Waals surface area (Å²) in [6.45, 7) is 0. The van der Waals surface area contributed by atoms with Crippen molar-refractivity contribution in [2.24, 2.45) is 0 Å². The molecule has 0 bridgehead atoms. The van der Waals surface area contributed by atoms with Crippen LogP contribution in [0.25, 0.3) is 10.6 Å². The van der Waals surface area contributed by atoms with Gasteiger partial charge in [-0.3, -0.25) is 9.89 Å². The molecule has 0 atom stereocenters. The number of rotatable bonds is 5. The first-order valence-corrected chi connectivity index (χ1v) is 8.33. The standard InChI is InChI=1S/C15H11F2N3OS2/c16-15(17)23-10-5-3-9(4-6-10)18-14(21)12-8-11(19-20-12)13-2-1-7-22-13/h1-8,15H,(H,18,21)(H,19,20). The third kappa shape index (κ3) is 3.96. The van der Waals surface area contributed by atoms with E-state index in [0.29, 0.717) is 22.3 Å². The molecule has 3 aromatic rings. The fraction of sp³-hybridized carbons (Fsp3) is 0.0667. The number of amides is 1. The lowest BCUT2D eigenvalue weighted by Gasteiger charge is -2.04. The van der Waals surface area contributed by atoms with Gasteiger partial charge in [0.2, 0.25) is 0 Å². The topological polar surface area (TPSA) is 57.8 Å². The van der Waals surface area contributed by atoms with Crippen molar-refractivity contribution in [3.63, 3.8) is 0 Å². The smallest absolute Gasteiger partial charge is 0.288 e. The number of benzene rings is 1. The van der Waals surface area contributed by atoms with Crippen LogP contribution in [0.5, 0.6) is 0 Å². The number of alkyl halides is 2. The SMILES string of the molecule is O=C(Nc1ccc(SC(F)F)cc1)c1cc(-c2cccs2)[nH]n1. The van der Waals surface area contributed by atoms with Crippen molar-refractivity contribution in [3.8, 4) is 10.6 Å². The van der Waals surface area contributed by atoms with Gasteiger partial charge in [0.15, 0.2) is 5.69 Å². The van der Waals surface area contributed by atoms with Crippen LogP contribution in [0.1, 0.15) is 10.5 Å². The predicted octanol–water partition coefficient (Wildman–Crippen LogP) is 4.71. The number of hydrogen-bond acceptors (Lipinski definition) is 4. The summed E-state index contributed by atoms with van der Waals surface area (Å²) >= 11 is 2.01. The zero-order valence-electron chi connectivity index (χ0n) is 11.6. The highest BCUT2D eigenvalue weighted by atomic mass is 32.2. The van der Waals surface area contributed by atoms with E-state index in [-0.39, 0.29) is 11.6 Å². The van der Waals surface area contributed by atoms with E-state index >= 15 is 0 Å². The molecule has 8 heteroatoms. The number of thiophene rings is 1. The maximum absolute atomic E-state index is 12.3. The zero-order valence-corrected chi connectivity index (χ0v) is 13.3. The molecule has 1 aromatic carbocycles. The molecule has 0 aliphatic carbocycles. The van der Waals surface area contributed by atoms with Crippen LogP contribution in [-0.4, -0.2) is 21.9 Å². The second-order valence-electron chi connectivity index (χ2n) is 4.50. The van der Waals surface area contributed by atoms with E-state index in [1.54, 1.807) is 29.5 Å². The quantitative estimate of drug-likeness (QED) is 0.655.